The third-order valence-corrected chi connectivity index (χ3v) is 3.03. The van der Waals surface area contributed by atoms with E-state index in [9.17, 15) is 9.90 Å². The van der Waals surface area contributed by atoms with Gasteiger partial charge in [-0.2, -0.15) is 0 Å². The number of ether oxygens (including phenoxy) is 1. The molecule has 0 spiro atoms. The highest BCUT2D eigenvalue weighted by Gasteiger charge is 2.29. The molecule has 1 aliphatic rings. The Hall–Kier alpha value is -2.29. The molecule has 110 valence electrons. The molecule has 3 heteroatoms. The van der Waals surface area contributed by atoms with Gasteiger partial charge in [-0.25, -0.2) is 0 Å². The summed E-state index contributed by atoms with van der Waals surface area (Å²) in [6.45, 7) is 2.53. The summed E-state index contributed by atoms with van der Waals surface area (Å²) < 4.78 is 28.2. The second-order valence-electron chi connectivity index (χ2n) is 5.13. The monoisotopic (exact) mass is 287 g/mol. The molecular formula is C18H20O3. The van der Waals surface area contributed by atoms with E-state index in [4.69, 9.17) is 8.85 Å². The number of ketones is 1. The minimum absolute atomic E-state index is 0.0255. The van der Waals surface area contributed by atoms with Crippen molar-refractivity contribution in [3.8, 4) is 0 Å². The normalized spacial score (nSPS) is 20.7. The van der Waals surface area contributed by atoms with Crippen molar-refractivity contribution >= 4 is 11.4 Å². The predicted octanol–water partition coefficient (Wildman–Crippen LogP) is 4.18. The molecule has 0 bridgehead atoms. The third kappa shape index (κ3) is 3.07. The van der Waals surface area contributed by atoms with Crippen LogP contribution >= 0.6 is 0 Å². The van der Waals surface area contributed by atoms with Crippen LogP contribution in [-0.4, -0.2) is 17.0 Å². The van der Waals surface area contributed by atoms with E-state index in [1.54, 1.807) is 44.2 Å². The number of rotatable bonds is 3. The highest BCUT2D eigenvalue weighted by Crippen LogP contribution is 2.34. The number of hydrogen-bond acceptors (Lipinski definition) is 3. The van der Waals surface area contributed by atoms with Crippen molar-refractivity contribution in [2.75, 3.05) is 0 Å². The molecule has 0 aliphatic heterocycles. The molecule has 2 rings (SSSR count). The first-order valence-corrected chi connectivity index (χ1v) is 6.76. The fourth-order valence-electron chi connectivity index (χ4n) is 2.13. The zero-order chi connectivity index (χ0) is 18.1. The second kappa shape index (κ2) is 6.00. The van der Waals surface area contributed by atoms with Crippen molar-refractivity contribution in [1.29, 1.82) is 0 Å². The molecule has 1 aliphatic carbocycles. The van der Waals surface area contributed by atoms with Gasteiger partial charge in [-0.15, -0.1) is 0 Å². The van der Waals surface area contributed by atoms with Crippen molar-refractivity contribution in [2.24, 2.45) is 0 Å². The molecule has 0 saturated carbocycles. The Balaban J connectivity index is 2.70. The number of carbonyl (C=O) groups excluding carboxylic acids is 1. The van der Waals surface area contributed by atoms with E-state index in [1.807, 2.05) is 0 Å². The second-order valence-corrected chi connectivity index (χ2v) is 5.13. The van der Waals surface area contributed by atoms with Crippen molar-refractivity contribution in [3.05, 3.63) is 64.6 Å². The minimum atomic E-state index is -2.42. The van der Waals surface area contributed by atoms with E-state index in [2.05, 4.69) is 0 Å². The first kappa shape index (κ1) is 11.4. The van der Waals surface area contributed by atoms with E-state index >= 15 is 0 Å². The summed E-state index contributed by atoms with van der Waals surface area (Å²) in [5.41, 5.74) is 0.648. The Kier molecular flexibility index (Phi) is 3.25. The standard InChI is InChI=1S/C18H20O3/c1-11(2)14-10-15(19)18(21-12(3)4)16(17(14)20)13-8-6-5-7-9-13/h5-10,12,19H,1-4H3/i1D3/b14-11+. The third-order valence-electron chi connectivity index (χ3n) is 3.03. The number of aliphatic hydroxyl groups is 1. The van der Waals surface area contributed by atoms with Crippen molar-refractivity contribution in [3.63, 3.8) is 0 Å². The van der Waals surface area contributed by atoms with Crippen molar-refractivity contribution < 1.29 is 18.8 Å². The molecule has 0 heterocycles. The van der Waals surface area contributed by atoms with E-state index in [-0.39, 0.29) is 34.3 Å². The topological polar surface area (TPSA) is 46.5 Å². The van der Waals surface area contributed by atoms with Gasteiger partial charge in [-0.05, 0) is 39.3 Å². The fraction of sp³-hybridized carbons (Fsp3) is 0.278. The van der Waals surface area contributed by atoms with Crippen LogP contribution in [0.5, 0.6) is 0 Å². The lowest BCUT2D eigenvalue weighted by atomic mass is 9.88. The molecule has 1 aromatic carbocycles. The lowest BCUT2D eigenvalue weighted by Crippen LogP contribution is -2.18. The Morgan fingerprint density at radius 2 is 1.95 bits per heavy atom. The van der Waals surface area contributed by atoms with Gasteiger partial charge in [-0.3, -0.25) is 4.79 Å². The number of Topliss-reactive ketones (excluding diaryl/α,β-unsaturated/α-hetero) is 1. The molecule has 0 unspecified atom stereocenters. The zero-order valence-electron chi connectivity index (χ0n) is 15.3. The van der Waals surface area contributed by atoms with Crippen LogP contribution in [-0.2, 0) is 9.53 Å². The van der Waals surface area contributed by atoms with Gasteiger partial charge in [0.15, 0.2) is 17.3 Å². The average Bonchev–Trinajstić information content (AvgIpc) is 2.49. The summed E-state index contributed by atoms with van der Waals surface area (Å²) >= 11 is 0. The highest BCUT2D eigenvalue weighted by molar-refractivity contribution is 6.32. The largest absolute Gasteiger partial charge is 0.504 e. The molecule has 0 amide bonds. The summed E-state index contributed by atoms with van der Waals surface area (Å²) in [4.78, 5) is 13.0. The Labute approximate surface area is 129 Å². The van der Waals surface area contributed by atoms with Crippen LogP contribution < -0.4 is 0 Å². The summed E-state index contributed by atoms with van der Waals surface area (Å²) in [6, 6.07) is 8.77. The van der Waals surface area contributed by atoms with Gasteiger partial charge in [0.25, 0.3) is 0 Å². The van der Waals surface area contributed by atoms with Crippen LogP contribution in [0.25, 0.3) is 5.57 Å². The van der Waals surface area contributed by atoms with E-state index in [1.165, 1.54) is 13.0 Å². The van der Waals surface area contributed by atoms with E-state index < -0.39 is 12.6 Å². The summed E-state index contributed by atoms with van der Waals surface area (Å²) in [5, 5.41) is 10.4. The van der Waals surface area contributed by atoms with Gasteiger partial charge < -0.3 is 9.84 Å². The Morgan fingerprint density at radius 1 is 1.29 bits per heavy atom. The molecule has 0 radical (unpaired) electrons. The Morgan fingerprint density at radius 3 is 2.52 bits per heavy atom. The smallest absolute Gasteiger partial charge is 0.197 e. The number of carbonyl (C=O) groups is 1. The zero-order valence-corrected chi connectivity index (χ0v) is 12.3. The highest BCUT2D eigenvalue weighted by atomic mass is 16.5. The van der Waals surface area contributed by atoms with Gasteiger partial charge in [0, 0.05) is 9.69 Å². The number of benzene rings is 1. The average molecular weight is 287 g/mol. The van der Waals surface area contributed by atoms with Gasteiger partial charge in [0.05, 0.1) is 11.7 Å². The summed E-state index contributed by atoms with van der Waals surface area (Å²) in [6.07, 6.45) is 0.921. The minimum Gasteiger partial charge on any atom is -0.504 e. The van der Waals surface area contributed by atoms with E-state index in [0.29, 0.717) is 5.56 Å². The summed E-state index contributed by atoms with van der Waals surface area (Å²) in [5.74, 6) is -0.646. The van der Waals surface area contributed by atoms with Crippen LogP contribution in [0.3, 0.4) is 0 Å². The van der Waals surface area contributed by atoms with Gasteiger partial charge in [-0.1, -0.05) is 35.9 Å². The SMILES string of the molecule is [2H]C([2H])([2H])/C(C)=C1/C=C(O)C(OC(C)C)=C(c2ccccc2)C1=O. The molecule has 1 N–H and O–H groups in total. The lowest BCUT2D eigenvalue weighted by molar-refractivity contribution is -0.110. The van der Waals surface area contributed by atoms with Crippen LogP contribution in [0.1, 0.15) is 37.3 Å². The number of allylic oxidation sites excluding steroid dienone is 4. The molecule has 1 aromatic rings. The molecular weight excluding hydrogens is 264 g/mol. The maximum Gasteiger partial charge on any atom is 0.197 e. The number of hydrogen-bond donors (Lipinski definition) is 1. The van der Waals surface area contributed by atoms with Crippen molar-refractivity contribution in [1.82, 2.24) is 0 Å². The lowest BCUT2D eigenvalue weighted by Gasteiger charge is -2.22. The van der Waals surface area contributed by atoms with Crippen LogP contribution in [0.4, 0.5) is 0 Å². The van der Waals surface area contributed by atoms with Crippen LogP contribution in [0, 0.1) is 0 Å². The number of aliphatic hydroxyl groups excluding tert-OH is 1. The van der Waals surface area contributed by atoms with E-state index in [0.717, 1.165) is 0 Å². The predicted molar refractivity (Wildman–Crippen MR) is 83.7 cm³/mol. The molecule has 3 nitrogen and oxygen atoms in total. The van der Waals surface area contributed by atoms with Crippen molar-refractivity contribution in [2.45, 2.75) is 33.7 Å². The maximum absolute atomic E-state index is 13.0. The maximum atomic E-state index is 13.0. The molecule has 21 heavy (non-hydrogen) atoms. The first-order valence-electron chi connectivity index (χ1n) is 8.26. The van der Waals surface area contributed by atoms with Crippen LogP contribution in [0.2, 0.25) is 0 Å². The first-order chi connectivity index (χ1) is 11.1. The quantitative estimate of drug-likeness (QED) is 0.848. The van der Waals surface area contributed by atoms with Gasteiger partial charge in [0.2, 0.25) is 0 Å². The van der Waals surface area contributed by atoms with Crippen LogP contribution in [0.15, 0.2) is 59.1 Å². The molecule has 0 atom stereocenters. The van der Waals surface area contributed by atoms with Gasteiger partial charge >= 0.3 is 0 Å². The fourth-order valence-corrected chi connectivity index (χ4v) is 2.13. The molecule has 0 saturated heterocycles. The molecule has 0 aromatic heterocycles. The Bertz CT molecular complexity index is 739. The van der Waals surface area contributed by atoms with Gasteiger partial charge in [0.1, 0.15) is 0 Å². The molecule has 0 fully saturated rings. The summed E-state index contributed by atoms with van der Waals surface area (Å²) in [7, 11) is 0.